The molecule has 0 aliphatic rings. The SMILES string of the molecule is COc1c(C)c(C)c(Cl)c(C)c1NC(=O)C(C)=O. The van der Waals surface area contributed by atoms with Crippen LogP contribution in [0.15, 0.2) is 0 Å². The highest BCUT2D eigenvalue weighted by Crippen LogP contribution is 2.39. The average Bonchev–Trinajstić information content (AvgIpc) is 2.33. The van der Waals surface area contributed by atoms with Crippen molar-refractivity contribution in [1.29, 1.82) is 0 Å². The quantitative estimate of drug-likeness (QED) is 0.859. The summed E-state index contributed by atoms with van der Waals surface area (Å²) in [5, 5.41) is 3.10. The van der Waals surface area contributed by atoms with Crippen molar-refractivity contribution in [2.75, 3.05) is 12.4 Å². The molecule has 0 spiro atoms. The molecule has 0 aromatic heterocycles. The van der Waals surface area contributed by atoms with E-state index in [-0.39, 0.29) is 0 Å². The van der Waals surface area contributed by atoms with Crippen LogP contribution in [0.3, 0.4) is 0 Å². The van der Waals surface area contributed by atoms with Crippen LogP contribution in [-0.2, 0) is 9.59 Å². The molecular weight excluding hydrogens is 254 g/mol. The second-order valence-corrected chi connectivity index (χ2v) is 4.49. The zero-order valence-corrected chi connectivity index (χ0v) is 11.9. The first-order valence-electron chi connectivity index (χ1n) is 5.46. The van der Waals surface area contributed by atoms with Crippen LogP contribution in [-0.4, -0.2) is 18.8 Å². The molecule has 0 aliphatic heterocycles. The number of methoxy groups -OCH3 is 1. The van der Waals surface area contributed by atoms with Gasteiger partial charge in [-0.1, -0.05) is 11.6 Å². The zero-order valence-electron chi connectivity index (χ0n) is 11.1. The maximum atomic E-state index is 11.5. The fourth-order valence-electron chi connectivity index (χ4n) is 1.69. The Balaban J connectivity index is 3.42. The minimum absolute atomic E-state index is 0.450. The third-order valence-electron chi connectivity index (χ3n) is 2.93. The van der Waals surface area contributed by atoms with Crippen molar-refractivity contribution >= 4 is 29.0 Å². The number of carbonyl (C=O) groups excluding carboxylic acids is 2. The number of ether oxygens (including phenoxy) is 1. The molecule has 0 unspecified atom stereocenters. The molecule has 18 heavy (non-hydrogen) atoms. The van der Waals surface area contributed by atoms with Crippen LogP contribution in [0.2, 0.25) is 5.02 Å². The molecule has 1 aromatic carbocycles. The number of anilines is 1. The third kappa shape index (κ3) is 2.48. The highest BCUT2D eigenvalue weighted by atomic mass is 35.5. The van der Waals surface area contributed by atoms with Crippen molar-refractivity contribution < 1.29 is 14.3 Å². The predicted molar refractivity (Wildman–Crippen MR) is 71.5 cm³/mol. The molecule has 0 saturated carbocycles. The van der Waals surface area contributed by atoms with E-state index in [9.17, 15) is 9.59 Å². The molecular formula is C13H16ClNO3. The van der Waals surface area contributed by atoms with Crippen LogP contribution in [0.1, 0.15) is 23.6 Å². The predicted octanol–water partition coefficient (Wildman–Crippen LogP) is 2.80. The summed E-state index contributed by atoms with van der Waals surface area (Å²) >= 11 is 6.19. The van der Waals surface area contributed by atoms with Gasteiger partial charge >= 0.3 is 0 Å². The molecule has 0 aliphatic carbocycles. The monoisotopic (exact) mass is 269 g/mol. The lowest BCUT2D eigenvalue weighted by Gasteiger charge is -2.18. The summed E-state index contributed by atoms with van der Waals surface area (Å²) in [6.07, 6.45) is 0. The lowest BCUT2D eigenvalue weighted by Crippen LogP contribution is -2.21. The highest BCUT2D eigenvalue weighted by Gasteiger charge is 2.19. The van der Waals surface area contributed by atoms with Gasteiger partial charge in [0.15, 0.2) is 0 Å². The molecule has 0 saturated heterocycles. The average molecular weight is 270 g/mol. The number of amides is 1. The van der Waals surface area contributed by atoms with E-state index >= 15 is 0 Å². The molecule has 0 bridgehead atoms. The van der Waals surface area contributed by atoms with Crippen LogP contribution >= 0.6 is 11.6 Å². The van der Waals surface area contributed by atoms with Gasteiger partial charge in [-0.2, -0.15) is 0 Å². The number of ketones is 1. The summed E-state index contributed by atoms with van der Waals surface area (Å²) in [4.78, 5) is 22.5. The van der Waals surface area contributed by atoms with E-state index < -0.39 is 11.7 Å². The Morgan fingerprint density at radius 3 is 2.11 bits per heavy atom. The van der Waals surface area contributed by atoms with Crippen LogP contribution in [0.4, 0.5) is 5.69 Å². The Bertz CT molecular complexity index is 524. The molecule has 0 radical (unpaired) electrons. The molecule has 5 heteroatoms. The van der Waals surface area contributed by atoms with Crippen LogP contribution in [0.5, 0.6) is 5.75 Å². The summed E-state index contributed by atoms with van der Waals surface area (Å²) in [5.41, 5.74) is 2.87. The smallest absolute Gasteiger partial charge is 0.291 e. The Morgan fingerprint density at radius 1 is 1.11 bits per heavy atom. The lowest BCUT2D eigenvalue weighted by molar-refractivity contribution is -0.133. The van der Waals surface area contributed by atoms with Crippen molar-refractivity contribution in [3.05, 3.63) is 21.7 Å². The zero-order chi connectivity index (χ0) is 14.0. The van der Waals surface area contributed by atoms with Gasteiger partial charge < -0.3 is 10.1 Å². The van der Waals surface area contributed by atoms with E-state index in [0.29, 0.717) is 22.0 Å². The summed E-state index contributed by atoms with van der Waals surface area (Å²) in [6.45, 7) is 6.71. The van der Waals surface area contributed by atoms with Gasteiger partial charge in [0.25, 0.3) is 5.91 Å². The lowest BCUT2D eigenvalue weighted by atomic mass is 10.0. The fraction of sp³-hybridized carbons (Fsp3) is 0.385. The van der Waals surface area contributed by atoms with Crippen LogP contribution < -0.4 is 10.1 Å². The summed E-state index contributed by atoms with van der Waals surface area (Å²) in [5.74, 6) is -0.717. The molecule has 1 rings (SSSR count). The Morgan fingerprint density at radius 2 is 1.67 bits per heavy atom. The summed E-state index contributed by atoms with van der Waals surface area (Å²) in [6, 6.07) is 0. The van der Waals surface area contributed by atoms with Gasteiger partial charge in [-0.3, -0.25) is 9.59 Å². The molecule has 0 atom stereocenters. The molecule has 1 amide bonds. The van der Waals surface area contributed by atoms with E-state index in [1.807, 2.05) is 13.8 Å². The van der Waals surface area contributed by atoms with Gasteiger partial charge in [0.1, 0.15) is 5.75 Å². The van der Waals surface area contributed by atoms with Crippen molar-refractivity contribution in [2.24, 2.45) is 0 Å². The maximum absolute atomic E-state index is 11.5. The van der Waals surface area contributed by atoms with Gasteiger partial charge in [-0.15, -0.1) is 0 Å². The van der Waals surface area contributed by atoms with Crippen molar-refractivity contribution in [3.8, 4) is 5.75 Å². The number of hydrogen-bond donors (Lipinski definition) is 1. The number of Topliss-reactive ketones (excluding diaryl/α,β-unsaturated/α-hetero) is 1. The van der Waals surface area contributed by atoms with Crippen LogP contribution in [0.25, 0.3) is 0 Å². The number of benzene rings is 1. The summed E-state index contributed by atoms with van der Waals surface area (Å²) < 4.78 is 5.29. The standard InChI is InChI=1S/C13H16ClNO3/c1-6-7(2)12(18-5)11(8(3)10(6)14)15-13(17)9(4)16/h1-5H3,(H,15,17). The molecule has 0 heterocycles. The van der Waals surface area contributed by atoms with E-state index in [0.717, 1.165) is 11.1 Å². The Hall–Kier alpha value is -1.55. The van der Waals surface area contributed by atoms with Gasteiger partial charge in [0, 0.05) is 11.9 Å². The van der Waals surface area contributed by atoms with Gasteiger partial charge in [-0.25, -0.2) is 0 Å². The van der Waals surface area contributed by atoms with Gasteiger partial charge in [0.05, 0.1) is 12.8 Å². The minimum Gasteiger partial charge on any atom is -0.494 e. The molecule has 1 N–H and O–H groups in total. The molecule has 1 aromatic rings. The number of hydrogen-bond acceptors (Lipinski definition) is 3. The van der Waals surface area contributed by atoms with Gasteiger partial charge in [-0.05, 0) is 37.5 Å². The number of rotatable bonds is 3. The number of nitrogens with one attached hydrogen (secondary N) is 1. The first-order valence-corrected chi connectivity index (χ1v) is 5.84. The second kappa shape index (κ2) is 5.40. The Kier molecular flexibility index (Phi) is 4.35. The van der Waals surface area contributed by atoms with Crippen molar-refractivity contribution in [1.82, 2.24) is 0 Å². The van der Waals surface area contributed by atoms with E-state index in [1.54, 1.807) is 6.92 Å². The number of carbonyl (C=O) groups is 2. The first kappa shape index (κ1) is 14.5. The number of halogens is 1. The third-order valence-corrected chi connectivity index (χ3v) is 3.49. The van der Waals surface area contributed by atoms with Crippen molar-refractivity contribution in [3.63, 3.8) is 0 Å². The highest BCUT2D eigenvalue weighted by molar-refractivity contribution is 6.40. The Labute approximate surface area is 111 Å². The molecule has 0 fully saturated rings. The van der Waals surface area contributed by atoms with Gasteiger partial charge in [0.2, 0.25) is 5.78 Å². The van der Waals surface area contributed by atoms with Crippen LogP contribution in [0, 0.1) is 20.8 Å². The van der Waals surface area contributed by atoms with E-state index in [2.05, 4.69) is 5.32 Å². The van der Waals surface area contributed by atoms with Crippen molar-refractivity contribution in [2.45, 2.75) is 27.7 Å². The maximum Gasteiger partial charge on any atom is 0.291 e. The summed E-state index contributed by atoms with van der Waals surface area (Å²) in [7, 11) is 1.51. The molecule has 4 nitrogen and oxygen atoms in total. The normalized spacial score (nSPS) is 10.1. The van der Waals surface area contributed by atoms with E-state index in [4.69, 9.17) is 16.3 Å². The second-order valence-electron chi connectivity index (χ2n) is 4.11. The minimum atomic E-state index is -0.685. The largest absolute Gasteiger partial charge is 0.494 e. The topological polar surface area (TPSA) is 55.4 Å². The fourth-order valence-corrected chi connectivity index (χ4v) is 1.93. The first-order chi connectivity index (χ1) is 8.31. The van der Waals surface area contributed by atoms with E-state index in [1.165, 1.54) is 14.0 Å². The molecule has 98 valence electrons.